The third kappa shape index (κ3) is 4.56. The van der Waals surface area contributed by atoms with Crippen LogP contribution in [0.1, 0.15) is 41.6 Å². The fourth-order valence-electron chi connectivity index (χ4n) is 1.99. The molecule has 0 unspecified atom stereocenters. The predicted molar refractivity (Wildman–Crippen MR) is 84.4 cm³/mol. The number of amides is 1. The summed E-state index contributed by atoms with van der Waals surface area (Å²) in [7, 11) is 0. The maximum atomic E-state index is 12.5. The molecule has 7 heteroatoms. The predicted octanol–water partition coefficient (Wildman–Crippen LogP) is 3.18. The molecule has 0 aliphatic heterocycles. The van der Waals surface area contributed by atoms with Crippen LogP contribution in [0.4, 0.5) is 0 Å². The van der Waals surface area contributed by atoms with Crippen molar-refractivity contribution in [2.75, 3.05) is 6.54 Å². The van der Waals surface area contributed by atoms with Gasteiger partial charge in [0.05, 0.1) is 5.69 Å². The zero-order valence-corrected chi connectivity index (χ0v) is 13.6. The van der Waals surface area contributed by atoms with Crippen molar-refractivity contribution in [1.82, 2.24) is 10.1 Å². The molecule has 0 atom stereocenters. The molecule has 0 aliphatic rings. The van der Waals surface area contributed by atoms with Crippen molar-refractivity contribution < 1.29 is 19.2 Å². The summed E-state index contributed by atoms with van der Waals surface area (Å²) in [5, 5.41) is 13.4. The molecule has 1 amide bonds. The lowest BCUT2D eigenvalue weighted by Crippen LogP contribution is -2.35. The summed E-state index contributed by atoms with van der Waals surface area (Å²) in [5.74, 6) is -1.47. The van der Waals surface area contributed by atoms with E-state index < -0.39 is 18.4 Å². The van der Waals surface area contributed by atoms with E-state index in [4.69, 9.17) is 21.2 Å². The van der Waals surface area contributed by atoms with Crippen LogP contribution in [-0.2, 0) is 11.3 Å². The van der Waals surface area contributed by atoms with E-state index in [-0.39, 0.29) is 18.2 Å². The second-order valence-electron chi connectivity index (χ2n) is 5.45. The van der Waals surface area contributed by atoms with Gasteiger partial charge in [0.25, 0.3) is 5.91 Å². The maximum absolute atomic E-state index is 12.5. The minimum atomic E-state index is -1.10. The molecule has 6 nitrogen and oxygen atoms in total. The van der Waals surface area contributed by atoms with Gasteiger partial charge >= 0.3 is 5.97 Å². The monoisotopic (exact) mass is 336 g/mol. The molecule has 2 rings (SSSR count). The molecule has 0 fully saturated rings. The second kappa shape index (κ2) is 7.28. The van der Waals surface area contributed by atoms with Gasteiger partial charge in [0.2, 0.25) is 5.76 Å². The van der Waals surface area contributed by atoms with Crippen molar-refractivity contribution in [2.45, 2.75) is 26.3 Å². The number of rotatable bonds is 6. The first-order valence-electron chi connectivity index (χ1n) is 7.09. The van der Waals surface area contributed by atoms with Gasteiger partial charge in [0, 0.05) is 17.6 Å². The lowest BCUT2D eigenvalue weighted by molar-refractivity contribution is -0.137. The highest BCUT2D eigenvalue weighted by Gasteiger charge is 2.23. The number of carbonyl (C=O) groups is 2. The summed E-state index contributed by atoms with van der Waals surface area (Å²) in [6.07, 6.45) is 0. The fraction of sp³-hybridized carbons (Fsp3) is 0.312. The van der Waals surface area contributed by atoms with Crippen LogP contribution < -0.4 is 0 Å². The molecule has 0 saturated carbocycles. The van der Waals surface area contributed by atoms with Crippen molar-refractivity contribution >= 4 is 23.5 Å². The first kappa shape index (κ1) is 17.0. The van der Waals surface area contributed by atoms with Gasteiger partial charge in [-0.15, -0.1) is 0 Å². The van der Waals surface area contributed by atoms with Gasteiger partial charge in [0.1, 0.15) is 6.54 Å². The Balaban J connectivity index is 2.20. The average Bonchev–Trinajstić information content (AvgIpc) is 2.97. The van der Waals surface area contributed by atoms with Gasteiger partial charge in [0.15, 0.2) is 0 Å². The topological polar surface area (TPSA) is 83.6 Å². The van der Waals surface area contributed by atoms with Gasteiger partial charge < -0.3 is 14.5 Å². The molecule has 1 aromatic heterocycles. The fourth-order valence-corrected chi connectivity index (χ4v) is 2.12. The minimum Gasteiger partial charge on any atom is -0.480 e. The molecule has 0 radical (unpaired) electrons. The number of nitrogens with zero attached hydrogens (tertiary/aromatic N) is 2. The summed E-state index contributed by atoms with van der Waals surface area (Å²) in [6, 6.07) is 8.40. The number of halogens is 1. The summed E-state index contributed by atoms with van der Waals surface area (Å²) in [4.78, 5) is 24.7. The number of carbonyl (C=O) groups excluding carboxylic acids is 1. The Morgan fingerprint density at radius 2 is 1.96 bits per heavy atom. The van der Waals surface area contributed by atoms with Crippen LogP contribution in [0.15, 0.2) is 34.9 Å². The molecule has 1 N–H and O–H groups in total. The number of hydrogen-bond donors (Lipinski definition) is 1. The number of benzene rings is 1. The van der Waals surface area contributed by atoms with Crippen LogP contribution in [0.5, 0.6) is 0 Å². The highest BCUT2D eigenvalue weighted by Crippen LogP contribution is 2.17. The summed E-state index contributed by atoms with van der Waals surface area (Å²) >= 11 is 5.83. The third-order valence-corrected chi connectivity index (χ3v) is 3.48. The Bertz CT molecular complexity index is 694. The van der Waals surface area contributed by atoms with E-state index in [1.54, 1.807) is 30.3 Å². The lowest BCUT2D eigenvalue weighted by Gasteiger charge is -2.19. The largest absolute Gasteiger partial charge is 0.480 e. The molecule has 0 spiro atoms. The lowest BCUT2D eigenvalue weighted by atomic mass is 10.1. The third-order valence-electron chi connectivity index (χ3n) is 3.23. The van der Waals surface area contributed by atoms with Gasteiger partial charge in [-0.3, -0.25) is 9.59 Å². The summed E-state index contributed by atoms with van der Waals surface area (Å²) in [5.41, 5.74) is 1.42. The van der Waals surface area contributed by atoms with Crippen molar-refractivity contribution in [3.05, 3.63) is 52.4 Å². The maximum Gasteiger partial charge on any atom is 0.323 e. The molecule has 0 saturated heterocycles. The molecule has 122 valence electrons. The number of hydrogen-bond acceptors (Lipinski definition) is 4. The normalized spacial score (nSPS) is 10.8. The zero-order valence-electron chi connectivity index (χ0n) is 12.8. The Morgan fingerprint density at radius 1 is 1.30 bits per heavy atom. The number of aromatic nitrogens is 1. The van der Waals surface area contributed by atoms with Crippen molar-refractivity contribution in [2.24, 2.45) is 0 Å². The Kier molecular flexibility index (Phi) is 5.39. The van der Waals surface area contributed by atoms with E-state index in [1.807, 2.05) is 13.8 Å². The molecule has 1 heterocycles. The van der Waals surface area contributed by atoms with Crippen LogP contribution in [0, 0.1) is 0 Å². The van der Waals surface area contributed by atoms with Crippen LogP contribution in [-0.4, -0.2) is 33.6 Å². The van der Waals surface area contributed by atoms with Crippen molar-refractivity contribution in [3.63, 3.8) is 0 Å². The van der Waals surface area contributed by atoms with E-state index in [9.17, 15) is 9.59 Å². The van der Waals surface area contributed by atoms with E-state index >= 15 is 0 Å². The molecule has 0 aliphatic carbocycles. The second-order valence-corrected chi connectivity index (χ2v) is 5.89. The quantitative estimate of drug-likeness (QED) is 0.875. The Morgan fingerprint density at radius 3 is 2.48 bits per heavy atom. The van der Waals surface area contributed by atoms with E-state index in [2.05, 4.69) is 5.16 Å². The van der Waals surface area contributed by atoms with E-state index in [0.29, 0.717) is 10.7 Å². The number of aliphatic carboxylic acids is 1. The smallest absolute Gasteiger partial charge is 0.323 e. The van der Waals surface area contributed by atoms with Crippen LogP contribution in [0.3, 0.4) is 0 Å². The van der Waals surface area contributed by atoms with Crippen molar-refractivity contribution in [3.8, 4) is 0 Å². The Labute approximate surface area is 138 Å². The van der Waals surface area contributed by atoms with E-state index in [0.717, 1.165) is 5.56 Å². The van der Waals surface area contributed by atoms with Crippen LogP contribution >= 0.6 is 11.6 Å². The standard InChI is InChI=1S/C16H17ClN2O4/c1-10(2)13-7-14(23-18-13)16(22)19(9-15(20)21)8-11-3-5-12(17)6-4-11/h3-7,10H,8-9H2,1-2H3,(H,20,21). The van der Waals surface area contributed by atoms with Gasteiger partial charge in [-0.05, 0) is 23.6 Å². The SMILES string of the molecule is CC(C)c1cc(C(=O)N(CC(=O)O)Cc2ccc(Cl)cc2)on1. The first-order chi connectivity index (χ1) is 10.9. The zero-order chi connectivity index (χ0) is 17.0. The molecular weight excluding hydrogens is 320 g/mol. The highest BCUT2D eigenvalue weighted by atomic mass is 35.5. The van der Waals surface area contributed by atoms with Crippen molar-refractivity contribution in [1.29, 1.82) is 0 Å². The highest BCUT2D eigenvalue weighted by molar-refractivity contribution is 6.30. The van der Waals surface area contributed by atoms with Crippen LogP contribution in [0.25, 0.3) is 0 Å². The molecule has 1 aromatic carbocycles. The number of carboxylic acids is 1. The molecule has 0 bridgehead atoms. The summed E-state index contributed by atoms with van der Waals surface area (Å²) in [6.45, 7) is 3.56. The summed E-state index contributed by atoms with van der Waals surface area (Å²) < 4.78 is 5.05. The molecule has 2 aromatic rings. The van der Waals surface area contributed by atoms with Gasteiger partial charge in [-0.1, -0.05) is 42.7 Å². The molecular formula is C16H17ClN2O4. The van der Waals surface area contributed by atoms with E-state index in [1.165, 1.54) is 4.90 Å². The number of carboxylic acid groups (broad SMARTS) is 1. The molecule has 23 heavy (non-hydrogen) atoms. The first-order valence-corrected chi connectivity index (χ1v) is 7.46. The van der Waals surface area contributed by atoms with Gasteiger partial charge in [-0.25, -0.2) is 0 Å². The average molecular weight is 337 g/mol. The van der Waals surface area contributed by atoms with Gasteiger partial charge in [-0.2, -0.15) is 0 Å². The minimum absolute atomic E-state index is 0.0314. The van der Waals surface area contributed by atoms with Crippen LogP contribution in [0.2, 0.25) is 5.02 Å². The Hall–Kier alpha value is -2.34.